The average Bonchev–Trinajstić information content (AvgIpc) is 3.10. The number of likely N-dealkylation sites (N-methyl/N-ethyl adjacent to an activating group) is 1. The molecule has 2 atom stereocenters. The summed E-state index contributed by atoms with van der Waals surface area (Å²) in [7, 11) is 2.03. The number of ether oxygens (including phenoxy) is 2. The molecule has 0 aromatic heterocycles. The van der Waals surface area contributed by atoms with Gasteiger partial charge in [0.1, 0.15) is 12.4 Å². The quantitative estimate of drug-likeness (QED) is 0.180. The Bertz CT molecular complexity index is 1500. The van der Waals surface area contributed by atoms with Crippen LogP contribution in [0.15, 0.2) is 108 Å². The number of hydrogen-bond donors (Lipinski definition) is 0. The third-order valence-corrected chi connectivity index (χ3v) is 8.59. The van der Waals surface area contributed by atoms with Crippen molar-refractivity contribution in [2.45, 2.75) is 36.3 Å². The third kappa shape index (κ3) is 7.53. The first-order chi connectivity index (χ1) is 20.4. The fourth-order valence-electron chi connectivity index (χ4n) is 4.91. The van der Waals surface area contributed by atoms with E-state index in [1.54, 1.807) is 11.0 Å². The molecular weight excluding hydrogens is 568 g/mol. The third-order valence-electron chi connectivity index (χ3n) is 7.00. The van der Waals surface area contributed by atoms with Crippen LogP contribution in [0.5, 0.6) is 5.75 Å². The first-order valence-corrected chi connectivity index (χ1v) is 15.1. The molecule has 0 N–H and O–H groups in total. The molecule has 0 unspecified atom stereocenters. The summed E-state index contributed by atoms with van der Waals surface area (Å²) < 4.78 is 11.7. The molecule has 42 heavy (non-hydrogen) atoms. The van der Waals surface area contributed by atoms with E-state index in [1.807, 2.05) is 92.0 Å². The van der Waals surface area contributed by atoms with Crippen LogP contribution in [0.3, 0.4) is 0 Å². The van der Waals surface area contributed by atoms with Crippen LogP contribution in [0.1, 0.15) is 28.9 Å². The number of carbonyl (C=O) groups excluding carboxylic acids is 2. The highest BCUT2D eigenvalue weighted by Gasteiger charge is 2.41. The molecule has 4 aromatic rings. The topological polar surface area (TPSA) is 59.1 Å². The first-order valence-electron chi connectivity index (χ1n) is 13.8. The molecular formula is C34H33ClN2O4S. The van der Waals surface area contributed by atoms with E-state index in [-0.39, 0.29) is 5.91 Å². The van der Waals surface area contributed by atoms with Crippen molar-refractivity contribution in [1.82, 2.24) is 4.90 Å². The van der Waals surface area contributed by atoms with Crippen LogP contribution >= 0.6 is 23.4 Å². The van der Waals surface area contributed by atoms with Crippen molar-refractivity contribution in [2.24, 2.45) is 0 Å². The molecule has 8 heteroatoms. The maximum Gasteiger partial charge on any atom is 0.303 e. The summed E-state index contributed by atoms with van der Waals surface area (Å²) in [5.41, 5.74) is 3.87. The van der Waals surface area contributed by atoms with Crippen molar-refractivity contribution in [3.05, 3.63) is 125 Å². The summed E-state index contributed by atoms with van der Waals surface area (Å²) in [6.45, 7) is 3.58. The Morgan fingerprint density at radius 1 is 0.929 bits per heavy atom. The molecule has 216 valence electrons. The second-order valence-corrected chi connectivity index (χ2v) is 11.9. The number of nitrogens with zero attached hydrogens (tertiary/aromatic N) is 2. The zero-order chi connectivity index (χ0) is 29.5. The molecule has 0 spiro atoms. The van der Waals surface area contributed by atoms with E-state index in [4.69, 9.17) is 21.1 Å². The molecule has 0 bridgehead atoms. The highest BCUT2D eigenvalue weighted by molar-refractivity contribution is 7.99. The molecule has 1 amide bonds. The molecule has 0 aliphatic carbocycles. The van der Waals surface area contributed by atoms with Crippen LogP contribution in [0.2, 0.25) is 5.02 Å². The zero-order valence-electron chi connectivity index (χ0n) is 23.6. The van der Waals surface area contributed by atoms with Gasteiger partial charge in [0.25, 0.3) is 5.91 Å². The van der Waals surface area contributed by atoms with E-state index in [0.717, 1.165) is 28.3 Å². The number of thioether (sulfide) groups is 1. The largest absolute Gasteiger partial charge is 0.489 e. The van der Waals surface area contributed by atoms with Crippen molar-refractivity contribution in [2.75, 3.05) is 25.0 Å². The fraction of sp³-hybridized carbons (Fsp3) is 0.235. The van der Waals surface area contributed by atoms with Crippen LogP contribution < -0.4 is 9.64 Å². The van der Waals surface area contributed by atoms with Gasteiger partial charge in [-0.05, 0) is 54.1 Å². The van der Waals surface area contributed by atoms with Gasteiger partial charge in [0.2, 0.25) is 0 Å². The molecule has 6 nitrogen and oxygen atoms in total. The Labute approximate surface area is 256 Å². The lowest BCUT2D eigenvalue weighted by Gasteiger charge is -2.29. The smallest absolute Gasteiger partial charge is 0.303 e. The van der Waals surface area contributed by atoms with E-state index < -0.39 is 17.3 Å². The van der Waals surface area contributed by atoms with Gasteiger partial charge in [-0.25, -0.2) is 0 Å². The number of benzene rings is 4. The second-order valence-electron chi connectivity index (χ2n) is 10.2. The van der Waals surface area contributed by atoms with E-state index in [9.17, 15) is 9.59 Å². The monoisotopic (exact) mass is 600 g/mol. The number of fused-ring (bicyclic) bond motifs is 1. The summed E-state index contributed by atoms with van der Waals surface area (Å²) in [5, 5.41) is 0.0954. The predicted molar refractivity (Wildman–Crippen MR) is 168 cm³/mol. The van der Waals surface area contributed by atoms with Crippen LogP contribution in [-0.4, -0.2) is 43.0 Å². The lowest BCUT2D eigenvalue weighted by molar-refractivity contribution is -0.152. The molecule has 1 heterocycles. The highest BCUT2D eigenvalue weighted by atomic mass is 35.5. The Hall–Kier alpha value is -3.78. The maximum atomic E-state index is 14.2. The van der Waals surface area contributed by atoms with E-state index >= 15 is 0 Å². The molecule has 0 radical (unpaired) electrons. The van der Waals surface area contributed by atoms with Gasteiger partial charge in [0, 0.05) is 36.5 Å². The number of halogens is 1. The molecule has 1 aliphatic heterocycles. The molecule has 0 saturated heterocycles. The summed E-state index contributed by atoms with van der Waals surface area (Å²) >= 11 is 7.90. The Morgan fingerprint density at radius 3 is 2.26 bits per heavy atom. The van der Waals surface area contributed by atoms with Gasteiger partial charge in [-0.2, -0.15) is 0 Å². The average molecular weight is 601 g/mol. The van der Waals surface area contributed by atoms with E-state index in [0.29, 0.717) is 30.5 Å². The van der Waals surface area contributed by atoms with Crippen molar-refractivity contribution in [1.29, 1.82) is 0 Å². The standard InChI is InChI=1S/C34H33ClN2O4S/c1-24(38)41-32-33(27-13-16-29(17-14-27)40-23-26-11-7-4-8-12-26)42-31-21-28(35)15-18-30(31)37(34(32)39)20-19-36(2)22-25-9-5-3-6-10-25/h3-18,21,32-33H,19-20,22-23H2,1-2H3/t32-,33+/m1/s1. The number of hydrogen-bond acceptors (Lipinski definition) is 6. The number of rotatable bonds is 10. The molecule has 0 fully saturated rings. The van der Waals surface area contributed by atoms with E-state index in [2.05, 4.69) is 17.0 Å². The van der Waals surface area contributed by atoms with Gasteiger partial charge >= 0.3 is 5.97 Å². The minimum Gasteiger partial charge on any atom is -0.489 e. The first kappa shape index (κ1) is 29.7. The summed E-state index contributed by atoms with van der Waals surface area (Å²) in [4.78, 5) is 31.2. The summed E-state index contributed by atoms with van der Waals surface area (Å²) in [6, 6.07) is 33.3. The maximum absolute atomic E-state index is 14.2. The number of amides is 1. The highest BCUT2D eigenvalue weighted by Crippen LogP contribution is 2.47. The van der Waals surface area contributed by atoms with E-state index in [1.165, 1.54) is 24.2 Å². The van der Waals surface area contributed by atoms with Gasteiger partial charge < -0.3 is 19.3 Å². The Morgan fingerprint density at radius 2 is 1.60 bits per heavy atom. The van der Waals surface area contributed by atoms with Crippen LogP contribution in [0, 0.1) is 0 Å². The SMILES string of the molecule is CC(=O)O[C@H]1C(=O)N(CCN(C)Cc2ccccc2)c2ccc(Cl)cc2S[C@H]1c1ccc(OCc2ccccc2)cc1. The van der Waals surface area contributed by atoms with Gasteiger partial charge in [-0.1, -0.05) is 84.4 Å². The number of esters is 1. The number of carbonyl (C=O) groups is 2. The minimum atomic E-state index is -1.02. The zero-order valence-corrected chi connectivity index (χ0v) is 25.2. The van der Waals surface area contributed by atoms with Gasteiger partial charge in [-0.3, -0.25) is 9.59 Å². The van der Waals surface area contributed by atoms with Gasteiger partial charge in [0.15, 0.2) is 6.10 Å². The van der Waals surface area contributed by atoms with Crippen molar-refractivity contribution >= 4 is 40.9 Å². The number of anilines is 1. The fourth-order valence-corrected chi connectivity index (χ4v) is 6.50. The lowest BCUT2D eigenvalue weighted by Crippen LogP contribution is -2.45. The summed E-state index contributed by atoms with van der Waals surface area (Å²) in [6.07, 6.45) is -1.02. The lowest BCUT2D eigenvalue weighted by atomic mass is 10.1. The molecule has 1 aliphatic rings. The Kier molecular flexibility index (Phi) is 9.85. The molecule has 0 saturated carbocycles. The predicted octanol–water partition coefficient (Wildman–Crippen LogP) is 7.16. The van der Waals surface area contributed by atoms with Crippen LogP contribution in [-0.2, 0) is 27.5 Å². The molecule has 4 aromatic carbocycles. The second kappa shape index (κ2) is 13.9. The minimum absolute atomic E-state index is 0.263. The van der Waals surface area contributed by atoms with Gasteiger partial charge in [-0.15, -0.1) is 11.8 Å². The normalized spacial score (nSPS) is 16.6. The van der Waals surface area contributed by atoms with Crippen LogP contribution in [0.4, 0.5) is 5.69 Å². The Balaban J connectivity index is 1.39. The van der Waals surface area contributed by atoms with Crippen molar-refractivity contribution in [3.8, 4) is 5.75 Å². The van der Waals surface area contributed by atoms with Crippen LogP contribution in [0.25, 0.3) is 0 Å². The van der Waals surface area contributed by atoms with Crippen molar-refractivity contribution < 1.29 is 19.1 Å². The summed E-state index contributed by atoms with van der Waals surface area (Å²) in [5.74, 6) is -0.0590. The van der Waals surface area contributed by atoms with Gasteiger partial charge in [0.05, 0.1) is 10.9 Å². The van der Waals surface area contributed by atoms with Crippen molar-refractivity contribution in [3.63, 3.8) is 0 Å². The molecule has 5 rings (SSSR count).